The summed E-state index contributed by atoms with van der Waals surface area (Å²) in [5, 5.41) is 6.11. The van der Waals surface area contributed by atoms with E-state index in [9.17, 15) is 4.79 Å². The zero-order valence-electron chi connectivity index (χ0n) is 12.8. The van der Waals surface area contributed by atoms with Crippen LogP contribution in [0.15, 0.2) is 42.5 Å². The number of rotatable bonds is 6. The Balaban J connectivity index is 0.00000176. The van der Waals surface area contributed by atoms with Crippen LogP contribution in [-0.2, 0) is 11.3 Å². The van der Waals surface area contributed by atoms with Gasteiger partial charge in [-0.15, -0.1) is 12.4 Å². The number of likely N-dealkylation sites (tertiary alicyclic amines) is 1. The van der Waals surface area contributed by atoms with E-state index < -0.39 is 0 Å². The lowest BCUT2D eigenvalue weighted by atomic mass is 10.0. The van der Waals surface area contributed by atoms with Crippen molar-refractivity contribution in [2.45, 2.75) is 25.8 Å². The molecule has 3 nitrogen and oxygen atoms in total. The van der Waals surface area contributed by atoms with Crippen molar-refractivity contribution in [3.05, 3.63) is 48.0 Å². The van der Waals surface area contributed by atoms with E-state index in [1.54, 1.807) is 0 Å². The van der Waals surface area contributed by atoms with E-state index in [0.29, 0.717) is 5.91 Å². The van der Waals surface area contributed by atoms with Gasteiger partial charge in [-0.2, -0.15) is 0 Å². The van der Waals surface area contributed by atoms with Crippen molar-refractivity contribution in [3.8, 4) is 0 Å². The molecular weight excluding hydrogens is 296 g/mol. The van der Waals surface area contributed by atoms with Crippen LogP contribution in [0.4, 0.5) is 0 Å². The Kier molecular flexibility index (Phi) is 6.22. The molecule has 0 aliphatic carbocycles. The largest absolute Gasteiger partial charge is 0.343 e. The maximum absolute atomic E-state index is 11.5. The van der Waals surface area contributed by atoms with Gasteiger partial charge in [-0.25, -0.2) is 0 Å². The summed E-state index contributed by atoms with van der Waals surface area (Å²) >= 11 is 0. The monoisotopic (exact) mass is 318 g/mol. The summed E-state index contributed by atoms with van der Waals surface area (Å²) in [4.78, 5) is 13.5. The molecule has 0 spiro atoms. The molecular formula is C18H23ClN2O. The van der Waals surface area contributed by atoms with Gasteiger partial charge in [0.05, 0.1) is 0 Å². The van der Waals surface area contributed by atoms with Gasteiger partial charge in [0, 0.05) is 26.1 Å². The predicted octanol–water partition coefficient (Wildman–Crippen LogP) is 3.36. The van der Waals surface area contributed by atoms with Gasteiger partial charge in [-0.05, 0) is 35.7 Å². The molecule has 2 aromatic carbocycles. The van der Waals surface area contributed by atoms with Gasteiger partial charge in [0.15, 0.2) is 0 Å². The Labute approximate surface area is 138 Å². The van der Waals surface area contributed by atoms with Gasteiger partial charge in [-0.1, -0.05) is 42.5 Å². The second kappa shape index (κ2) is 8.16. The SMILES string of the molecule is Cl.O=C1CCCN1CCCNCc1cccc2ccccc12. The van der Waals surface area contributed by atoms with Gasteiger partial charge >= 0.3 is 0 Å². The fourth-order valence-electron chi connectivity index (χ4n) is 3.01. The number of hydrogen-bond donors (Lipinski definition) is 1. The van der Waals surface area contributed by atoms with E-state index in [4.69, 9.17) is 0 Å². The van der Waals surface area contributed by atoms with Gasteiger partial charge in [-0.3, -0.25) is 4.79 Å². The van der Waals surface area contributed by atoms with Crippen molar-refractivity contribution in [1.29, 1.82) is 0 Å². The number of halogens is 1. The average Bonchev–Trinajstić information content (AvgIpc) is 2.92. The summed E-state index contributed by atoms with van der Waals surface area (Å²) in [5.74, 6) is 0.323. The Morgan fingerprint density at radius 3 is 2.73 bits per heavy atom. The van der Waals surface area contributed by atoms with Crippen molar-refractivity contribution in [2.75, 3.05) is 19.6 Å². The van der Waals surface area contributed by atoms with Crippen LogP contribution in [0.25, 0.3) is 10.8 Å². The number of nitrogens with zero attached hydrogens (tertiary/aromatic N) is 1. The molecule has 0 atom stereocenters. The number of hydrogen-bond acceptors (Lipinski definition) is 2. The highest BCUT2D eigenvalue weighted by atomic mass is 35.5. The van der Waals surface area contributed by atoms with Crippen molar-refractivity contribution in [3.63, 3.8) is 0 Å². The minimum Gasteiger partial charge on any atom is -0.343 e. The van der Waals surface area contributed by atoms with Crippen LogP contribution in [0.1, 0.15) is 24.8 Å². The van der Waals surface area contributed by atoms with E-state index in [-0.39, 0.29) is 12.4 Å². The van der Waals surface area contributed by atoms with E-state index in [1.807, 2.05) is 4.90 Å². The molecule has 3 rings (SSSR count). The third-order valence-corrected chi connectivity index (χ3v) is 4.15. The molecule has 0 radical (unpaired) electrons. The Hall–Kier alpha value is -1.58. The van der Waals surface area contributed by atoms with Gasteiger partial charge in [0.1, 0.15) is 0 Å². The summed E-state index contributed by atoms with van der Waals surface area (Å²) in [6.07, 6.45) is 2.79. The predicted molar refractivity (Wildman–Crippen MR) is 93.3 cm³/mol. The zero-order chi connectivity index (χ0) is 14.5. The fourth-order valence-corrected chi connectivity index (χ4v) is 3.01. The number of benzene rings is 2. The lowest BCUT2D eigenvalue weighted by molar-refractivity contribution is -0.127. The maximum atomic E-state index is 11.5. The summed E-state index contributed by atoms with van der Waals surface area (Å²) in [6, 6.07) is 14.9. The second-order valence-electron chi connectivity index (χ2n) is 5.65. The molecule has 4 heteroatoms. The smallest absolute Gasteiger partial charge is 0.222 e. The van der Waals surface area contributed by atoms with Gasteiger partial charge in [0.2, 0.25) is 5.91 Å². The van der Waals surface area contributed by atoms with Gasteiger partial charge < -0.3 is 10.2 Å². The molecule has 1 N–H and O–H groups in total. The molecule has 0 saturated carbocycles. The van der Waals surface area contributed by atoms with E-state index in [0.717, 1.165) is 45.4 Å². The molecule has 1 heterocycles. The highest BCUT2D eigenvalue weighted by molar-refractivity contribution is 5.86. The normalized spacial score (nSPS) is 14.4. The van der Waals surface area contributed by atoms with Crippen LogP contribution in [-0.4, -0.2) is 30.4 Å². The molecule has 0 bridgehead atoms. The molecule has 1 aliphatic rings. The highest BCUT2D eigenvalue weighted by Gasteiger charge is 2.18. The van der Waals surface area contributed by atoms with E-state index in [1.165, 1.54) is 16.3 Å². The van der Waals surface area contributed by atoms with Crippen LogP contribution in [0.3, 0.4) is 0 Å². The first-order valence-corrected chi connectivity index (χ1v) is 7.80. The molecule has 1 saturated heterocycles. The third-order valence-electron chi connectivity index (χ3n) is 4.15. The van der Waals surface area contributed by atoms with Crippen molar-refractivity contribution in [1.82, 2.24) is 10.2 Å². The van der Waals surface area contributed by atoms with Crippen LogP contribution in [0.2, 0.25) is 0 Å². The molecule has 1 fully saturated rings. The summed E-state index contributed by atoms with van der Waals surface area (Å²) in [7, 11) is 0. The first-order chi connectivity index (χ1) is 10.3. The van der Waals surface area contributed by atoms with Crippen molar-refractivity contribution in [2.24, 2.45) is 0 Å². The maximum Gasteiger partial charge on any atom is 0.222 e. The summed E-state index contributed by atoms with van der Waals surface area (Å²) in [6.45, 7) is 3.67. The topological polar surface area (TPSA) is 32.3 Å². The number of nitrogens with one attached hydrogen (secondary N) is 1. The highest BCUT2D eigenvalue weighted by Crippen LogP contribution is 2.18. The number of amides is 1. The minimum atomic E-state index is 0. The molecule has 2 aromatic rings. The second-order valence-corrected chi connectivity index (χ2v) is 5.65. The molecule has 118 valence electrons. The van der Waals surface area contributed by atoms with Crippen molar-refractivity contribution >= 4 is 29.1 Å². The van der Waals surface area contributed by atoms with E-state index in [2.05, 4.69) is 47.8 Å². The Morgan fingerprint density at radius 2 is 1.91 bits per heavy atom. The minimum absolute atomic E-state index is 0. The summed E-state index contributed by atoms with van der Waals surface area (Å²) < 4.78 is 0. The Morgan fingerprint density at radius 1 is 1.09 bits per heavy atom. The molecule has 1 amide bonds. The van der Waals surface area contributed by atoms with Crippen LogP contribution < -0.4 is 5.32 Å². The van der Waals surface area contributed by atoms with E-state index >= 15 is 0 Å². The van der Waals surface area contributed by atoms with Crippen LogP contribution in [0, 0.1) is 0 Å². The zero-order valence-corrected chi connectivity index (χ0v) is 13.6. The third kappa shape index (κ3) is 3.99. The quantitative estimate of drug-likeness (QED) is 0.828. The first kappa shape index (κ1) is 16.8. The standard InChI is InChI=1S/C18H22N2O.ClH/c21-18-10-4-12-20(18)13-5-11-19-14-16-8-3-7-15-6-1-2-9-17(15)16;/h1-3,6-9,19H,4-5,10-14H2;1H. The first-order valence-electron chi connectivity index (χ1n) is 7.80. The fraction of sp³-hybridized carbons (Fsp3) is 0.389. The van der Waals surface area contributed by atoms with Gasteiger partial charge in [0.25, 0.3) is 0 Å². The molecule has 22 heavy (non-hydrogen) atoms. The van der Waals surface area contributed by atoms with Crippen LogP contribution >= 0.6 is 12.4 Å². The lowest BCUT2D eigenvalue weighted by Gasteiger charge is -2.15. The number of carbonyl (C=O) groups excluding carboxylic acids is 1. The van der Waals surface area contributed by atoms with Crippen LogP contribution in [0.5, 0.6) is 0 Å². The molecule has 0 unspecified atom stereocenters. The summed E-state index contributed by atoms with van der Waals surface area (Å²) in [5.41, 5.74) is 1.34. The number of fused-ring (bicyclic) bond motifs is 1. The number of carbonyl (C=O) groups is 1. The Bertz CT molecular complexity index is 624. The molecule has 1 aliphatic heterocycles. The lowest BCUT2D eigenvalue weighted by Crippen LogP contribution is -2.28. The molecule has 0 aromatic heterocycles. The average molecular weight is 319 g/mol. The van der Waals surface area contributed by atoms with Crippen molar-refractivity contribution < 1.29 is 4.79 Å².